The first-order chi connectivity index (χ1) is 10.4. The lowest BCUT2D eigenvalue weighted by Gasteiger charge is -2.34. The van der Waals surface area contributed by atoms with Crippen LogP contribution in [0.3, 0.4) is 0 Å². The Morgan fingerprint density at radius 3 is 2.57 bits per heavy atom. The van der Waals surface area contributed by atoms with E-state index in [0.29, 0.717) is 5.02 Å². The summed E-state index contributed by atoms with van der Waals surface area (Å²) in [6, 6.07) is 9.85. The summed E-state index contributed by atoms with van der Waals surface area (Å²) in [7, 11) is 1.89. The Balaban J connectivity index is 0.00000192. The topological polar surface area (TPSA) is 34.1 Å². The van der Waals surface area contributed by atoms with Crippen molar-refractivity contribution in [1.29, 1.82) is 0 Å². The van der Waals surface area contributed by atoms with Crippen molar-refractivity contribution in [1.82, 2.24) is 4.98 Å². The van der Waals surface area contributed by atoms with Crippen LogP contribution in [0.1, 0.15) is 32.5 Å². The Labute approximate surface area is 150 Å². The van der Waals surface area contributed by atoms with Gasteiger partial charge in [0.25, 0.3) is 0 Å². The molecule has 5 heteroatoms. The van der Waals surface area contributed by atoms with Gasteiger partial charge in [0, 0.05) is 40.6 Å². The van der Waals surface area contributed by atoms with Crippen LogP contribution < -0.4 is 10.1 Å². The SMILES string of the molecule is C.CNc1ccc2c(c1)OC(C)(C)C(Br)=C2c1ccc(Cl)cn1. The van der Waals surface area contributed by atoms with Crippen molar-refractivity contribution >= 4 is 38.8 Å². The molecule has 3 nitrogen and oxygen atoms in total. The zero-order valence-electron chi connectivity index (χ0n) is 12.6. The number of hydrogen-bond acceptors (Lipinski definition) is 3. The number of nitrogens with zero attached hydrogens (tertiary/aromatic N) is 1. The van der Waals surface area contributed by atoms with E-state index in [0.717, 1.165) is 32.7 Å². The molecular formula is C18H20BrClN2O. The molecule has 1 aromatic carbocycles. The van der Waals surface area contributed by atoms with Crippen molar-refractivity contribution in [3.05, 3.63) is 57.3 Å². The lowest BCUT2D eigenvalue weighted by Crippen LogP contribution is -2.32. The molecule has 0 amide bonds. The molecule has 23 heavy (non-hydrogen) atoms. The molecule has 0 fully saturated rings. The molecule has 122 valence electrons. The lowest BCUT2D eigenvalue weighted by molar-refractivity contribution is 0.155. The van der Waals surface area contributed by atoms with Gasteiger partial charge in [0.05, 0.1) is 10.7 Å². The van der Waals surface area contributed by atoms with Crippen LogP contribution in [-0.2, 0) is 0 Å². The predicted octanol–water partition coefficient (Wildman–Crippen LogP) is 5.74. The number of pyridine rings is 1. The Kier molecular flexibility index (Phi) is 5.07. The van der Waals surface area contributed by atoms with Crippen molar-refractivity contribution in [3.8, 4) is 5.75 Å². The van der Waals surface area contributed by atoms with Crippen molar-refractivity contribution in [2.24, 2.45) is 0 Å². The number of halogens is 2. The molecular weight excluding hydrogens is 376 g/mol. The van der Waals surface area contributed by atoms with E-state index in [4.69, 9.17) is 16.3 Å². The molecule has 2 aromatic rings. The largest absolute Gasteiger partial charge is 0.482 e. The van der Waals surface area contributed by atoms with Crippen LogP contribution >= 0.6 is 27.5 Å². The van der Waals surface area contributed by atoms with Gasteiger partial charge in [-0.05, 0) is 38.1 Å². The second kappa shape index (κ2) is 6.54. The van der Waals surface area contributed by atoms with Gasteiger partial charge in [-0.25, -0.2) is 0 Å². The highest BCUT2D eigenvalue weighted by Crippen LogP contribution is 2.46. The fourth-order valence-corrected chi connectivity index (χ4v) is 3.09. The highest BCUT2D eigenvalue weighted by atomic mass is 79.9. The van der Waals surface area contributed by atoms with Crippen molar-refractivity contribution in [2.75, 3.05) is 12.4 Å². The van der Waals surface area contributed by atoms with E-state index in [1.54, 1.807) is 6.20 Å². The predicted molar refractivity (Wildman–Crippen MR) is 102 cm³/mol. The van der Waals surface area contributed by atoms with Crippen LogP contribution in [0.25, 0.3) is 5.57 Å². The minimum atomic E-state index is -0.462. The third kappa shape index (κ3) is 3.24. The van der Waals surface area contributed by atoms with E-state index in [2.05, 4.69) is 26.2 Å². The maximum atomic E-state index is 6.15. The maximum Gasteiger partial charge on any atom is 0.135 e. The van der Waals surface area contributed by atoms with Crippen molar-refractivity contribution in [2.45, 2.75) is 26.9 Å². The van der Waals surface area contributed by atoms with Crippen molar-refractivity contribution < 1.29 is 4.74 Å². The van der Waals surface area contributed by atoms with E-state index in [1.165, 1.54) is 0 Å². The number of rotatable bonds is 2. The summed E-state index contributed by atoms with van der Waals surface area (Å²) >= 11 is 9.66. The minimum absolute atomic E-state index is 0. The number of benzene rings is 1. The van der Waals surface area contributed by atoms with Gasteiger partial charge in [0.15, 0.2) is 0 Å². The standard InChI is InChI=1S/C17H16BrClN2O.CH4/c1-17(2)16(18)15(13-7-4-10(19)9-21-13)12-6-5-11(20-3)8-14(12)22-17;/h4-9,20H,1-3H3;1H4. The molecule has 3 rings (SSSR count). The Morgan fingerprint density at radius 2 is 1.96 bits per heavy atom. The Hall–Kier alpha value is -1.52. The molecule has 0 spiro atoms. The number of nitrogens with one attached hydrogen (secondary N) is 1. The quantitative estimate of drug-likeness (QED) is 0.704. The van der Waals surface area contributed by atoms with E-state index in [-0.39, 0.29) is 7.43 Å². The van der Waals surface area contributed by atoms with E-state index in [9.17, 15) is 0 Å². The summed E-state index contributed by atoms with van der Waals surface area (Å²) in [6.45, 7) is 4.06. The summed E-state index contributed by atoms with van der Waals surface area (Å²) in [4.78, 5) is 4.47. The van der Waals surface area contributed by atoms with Crippen molar-refractivity contribution in [3.63, 3.8) is 0 Å². The number of aromatic nitrogens is 1. The molecule has 1 aliphatic heterocycles. The summed E-state index contributed by atoms with van der Waals surface area (Å²) in [6.07, 6.45) is 1.66. The van der Waals surface area contributed by atoms with Gasteiger partial charge in [0.1, 0.15) is 11.4 Å². The third-order valence-corrected chi connectivity index (χ3v) is 5.21. The highest BCUT2D eigenvalue weighted by Gasteiger charge is 2.34. The number of anilines is 1. The molecule has 0 unspecified atom stereocenters. The van der Waals surface area contributed by atoms with Crippen LogP contribution in [0.5, 0.6) is 5.75 Å². The molecule has 1 N–H and O–H groups in total. The molecule has 2 heterocycles. The van der Waals surface area contributed by atoms with E-state index >= 15 is 0 Å². The van der Waals surface area contributed by atoms with Gasteiger partial charge in [-0.3, -0.25) is 4.98 Å². The van der Waals surface area contributed by atoms with Crippen LogP contribution in [0.2, 0.25) is 5.02 Å². The first-order valence-corrected chi connectivity index (χ1v) is 8.13. The van der Waals surface area contributed by atoms with Gasteiger partial charge in [0.2, 0.25) is 0 Å². The molecule has 0 saturated carbocycles. The molecule has 0 saturated heterocycles. The van der Waals surface area contributed by atoms with E-state index < -0.39 is 5.60 Å². The average molecular weight is 396 g/mol. The molecule has 1 aromatic heterocycles. The van der Waals surface area contributed by atoms with Crippen LogP contribution in [0.15, 0.2) is 41.0 Å². The fraction of sp³-hybridized carbons (Fsp3) is 0.278. The Bertz CT molecular complexity index is 754. The summed E-state index contributed by atoms with van der Waals surface area (Å²) in [5, 5.41) is 3.76. The number of ether oxygens (including phenoxy) is 1. The molecule has 0 bridgehead atoms. The first-order valence-electron chi connectivity index (χ1n) is 6.96. The molecule has 0 radical (unpaired) electrons. The average Bonchev–Trinajstić information content (AvgIpc) is 2.49. The normalized spacial score (nSPS) is 15.3. The fourth-order valence-electron chi connectivity index (χ4n) is 2.48. The zero-order chi connectivity index (χ0) is 15.9. The van der Waals surface area contributed by atoms with Gasteiger partial charge < -0.3 is 10.1 Å². The monoisotopic (exact) mass is 394 g/mol. The molecule has 0 aliphatic carbocycles. The van der Waals surface area contributed by atoms with Gasteiger partial charge in [-0.1, -0.05) is 35.0 Å². The number of fused-ring (bicyclic) bond motifs is 1. The highest BCUT2D eigenvalue weighted by molar-refractivity contribution is 9.12. The summed E-state index contributed by atoms with van der Waals surface area (Å²) in [5.74, 6) is 0.840. The van der Waals surface area contributed by atoms with Crippen LogP contribution in [0.4, 0.5) is 5.69 Å². The van der Waals surface area contributed by atoms with Gasteiger partial charge >= 0.3 is 0 Å². The van der Waals surface area contributed by atoms with Gasteiger partial charge in [-0.15, -0.1) is 0 Å². The lowest BCUT2D eigenvalue weighted by atomic mass is 9.92. The summed E-state index contributed by atoms with van der Waals surface area (Å²) in [5.41, 5.74) is 3.46. The smallest absolute Gasteiger partial charge is 0.135 e. The molecule has 0 atom stereocenters. The first kappa shape index (κ1) is 17.8. The molecule has 1 aliphatic rings. The third-order valence-electron chi connectivity index (χ3n) is 3.64. The second-order valence-corrected chi connectivity index (χ2v) is 6.85. The second-order valence-electron chi connectivity index (χ2n) is 5.62. The summed E-state index contributed by atoms with van der Waals surface area (Å²) < 4.78 is 7.12. The van der Waals surface area contributed by atoms with Crippen LogP contribution in [0, 0.1) is 0 Å². The minimum Gasteiger partial charge on any atom is -0.482 e. The zero-order valence-corrected chi connectivity index (χ0v) is 14.9. The maximum absolute atomic E-state index is 6.15. The van der Waals surface area contributed by atoms with Crippen LogP contribution in [-0.4, -0.2) is 17.6 Å². The number of hydrogen-bond donors (Lipinski definition) is 1. The van der Waals surface area contributed by atoms with Gasteiger partial charge in [-0.2, -0.15) is 0 Å². The Morgan fingerprint density at radius 1 is 1.22 bits per heavy atom. The van der Waals surface area contributed by atoms with E-state index in [1.807, 2.05) is 51.2 Å².